The second-order valence-corrected chi connectivity index (χ2v) is 5.95. The van der Waals surface area contributed by atoms with E-state index in [0.29, 0.717) is 11.8 Å². The summed E-state index contributed by atoms with van der Waals surface area (Å²) < 4.78 is 0. The number of amides is 1. The molecule has 0 radical (unpaired) electrons. The van der Waals surface area contributed by atoms with Crippen LogP contribution in [0.5, 0.6) is 11.5 Å². The van der Waals surface area contributed by atoms with Crippen molar-refractivity contribution in [1.82, 2.24) is 5.32 Å². The van der Waals surface area contributed by atoms with Gasteiger partial charge in [-0.05, 0) is 36.8 Å². The maximum absolute atomic E-state index is 12.3. The normalized spacial score (nSPS) is 22.8. The van der Waals surface area contributed by atoms with Crippen LogP contribution < -0.4 is 5.32 Å². The van der Waals surface area contributed by atoms with Crippen LogP contribution >= 0.6 is 0 Å². The van der Waals surface area contributed by atoms with E-state index >= 15 is 0 Å². The molecule has 4 nitrogen and oxygen atoms in total. The molecule has 1 aliphatic carbocycles. The molecule has 0 aliphatic heterocycles. The summed E-state index contributed by atoms with van der Waals surface area (Å²) in [5.41, 5.74) is 0.137. The zero-order valence-corrected chi connectivity index (χ0v) is 12.1. The third-order valence-corrected chi connectivity index (χ3v) is 4.25. The van der Waals surface area contributed by atoms with Crippen LogP contribution in [0.1, 0.15) is 49.9 Å². The van der Waals surface area contributed by atoms with Gasteiger partial charge in [-0.1, -0.05) is 32.8 Å². The molecule has 1 amide bonds. The number of para-hydroxylation sites is 1. The third-order valence-electron chi connectivity index (χ3n) is 4.25. The van der Waals surface area contributed by atoms with E-state index in [2.05, 4.69) is 19.2 Å². The van der Waals surface area contributed by atoms with Gasteiger partial charge in [0.25, 0.3) is 5.91 Å². The van der Waals surface area contributed by atoms with Crippen LogP contribution in [0.25, 0.3) is 0 Å². The number of hydrogen-bond acceptors (Lipinski definition) is 3. The lowest BCUT2D eigenvalue weighted by atomic mass is 9.78. The summed E-state index contributed by atoms with van der Waals surface area (Å²) in [6.45, 7) is 4.36. The quantitative estimate of drug-likeness (QED) is 0.744. The molecule has 1 aromatic carbocycles. The zero-order valence-electron chi connectivity index (χ0n) is 12.1. The predicted octanol–water partition coefficient (Wildman–Crippen LogP) is 3.04. The van der Waals surface area contributed by atoms with Crippen molar-refractivity contribution in [3.05, 3.63) is 23.8 Å². The van der Waals surface area contributed by atoms with Gasteiger partial charge in [0, 0.05) is 6.04 Å². The molecule has 0 spiro atoms. The van der Waals surface area contributed by atoms with Crippen LogP contribution in [0.2, 0.25) is 0 Å². The molecule has 1 aliphatic rings. The molecule has 0 saturated heterocycles. The van der Waals surface area contributed by atoms with Gasteiger partial charge >= 0.3 is 0 Å². The van der Waals surface area contributed by atoms with Crippen LogP contribution in [0.4, 0.5) is 0 Å². The van der Waals surface area contributed by atoms with E-state index in [9.17, 15) is 15.0 Å². The summed E-state index contributed by atoms with van der Waals surface area (Å²) in [5.74, 6) is 0.0880. The maximum atomic E-state index is 12.3. The number of rotatable bonds is 3. The standard InChI is InChI=1S/C16H23NO3/c1-10(2)11-6-3-4-8-13(11)17-16(20)12-7-5-9-14(18)15(12)19/h5,7,9-11,13,18-19H,3-4,6,8H2,1-2H3,(H,17,20). The number of aromatic hydroxyl groups is 2. The second-order valence-electron chi connectivity index (χ2n) is 5.95. The summed E-state index contributed by atoms with van der Waals surface area (Å²) >= 11 is 0. The van der Waals surface area contributed by atoms with Crippen molar-refractivity contribution in [1.29, 1.82) is 0 Å². The Balaban J connectivity index is 2.12. The number of carbonyl (C=O) groups is 1. The fourth-order valence-electron chi connectivity index (χ4n) is 3.10. The van der Waals surface area contributed by atoms with Gasteiger partial charge < -0.3 is 15.5 Å². The highest BCUT2D eigenvalue weighted by atomic mass is 16.3. The van der Waals surface area contributed by atoms with E-state index < -0.39 is 0 Å². The van der Waals surface area contributed by atoms with E-state index in [1.54, 1.807) is 6.07 Å². The molecule has 1 aromatic rings. The van der Waals surface area contributed by atoms with Gasteiger partial charge in [-0.15, -0.1) is 0 Å². The Morgan fingerprint density at radius 2 is 1.95 bits per heavy atom. The molecule has 20 heavy (non-hydrogen) atoms. The Kier molecular flexibility index (Phi) is 4.53. The molecule has 3 N–H and O–H groups in total. The molecule has 0 bridgehead atoms. The minimum atomic E-state index is -0.345. The van der Waals surface area contributed by atoms with Gasteiger partial charge in [-0.25, -0.2) is 0 Å². The van der Waals surface area contributed by atoms with Crippen molar-refractivity contribution < 1.29 is 15.0 Å². The van der Waals surface area contributed by atoms with Crippen LogP contribution in [0.3, 0.4) is 0 Å². The zero-order chi connectivity index (χ0) is 14.7. The highest BCUT2D eigenvalue weighted by Gasteiger charge is 2.29. The SMILES string of the molecule is CC(C)C1CCCCC1NC(=O)c1cccc(O)c1O. The molecule has 1 saturated carbocycles. The van der Waals surface area contributed by atoms with Crippen molar-refractivity contribution in [2.24, 2.45) is 11.8 Å². The van der Waals surface area contributed by atoms with Gasteiger partial charge in [-0.2, -0.15) is 0 Å². The molecular formula is C16H23NO3. The largest absolute Gasteiger partial charge is 0.504 e. The maximum Gasteiger partial charge on any atom is 0.255 e. The highest BCUT2D eigenvalue weighted by molar-refractivity contribution is 5.97. The van der Waals surface area contributed by atoms with Gasteiger partial charge in [0.1, 0.15) is 0 Å². The molecule has 2 rings (SSSR count). The van der Waals surface area contributed by atoms with Crippen molar-refractivity contribution >= 4 is 5.91 Å². The van der Waals surface area contributed by atoms with E-state index in [1.165, 1.54) is 18.6 Å². The Labute approximate surface area is 119 Å². The average Bonchev–Trinajstić information content (AvgIpc) is 2.42. The van der Waals surface area contributed by atoms with Crippen LogP contribution in [0.15, 0.2) is 18.2 Å². The van der Waals surface area contributed by atoms with Crippen LogP contribution in [0, 0.1) is 11.8 Å². The number of phenolic OH excluding ortho intramolecular Hbond substituents is 2. The minimum absolute atomic E-state index is 0.137. The summed E-state index contributed by atoms with van der Waals surface area (Å²) in [7, 11) is 0. The summed E-state index contributed by atoms with van der Waals surface area (Å²) in [5, 5.41) is 22.3. The first-order valence-electron chi connectivity index (χ1n) is 7.32. The average molecular weight is 277 g/mol. The van der Waals surface area contributed by atoms with Crippen LogP contribution in [-0.4, -0.2) is 22.2 Å². The van der Waals surface area contributed by atoms with E-state index in [0.717, 1.165) is 19.3 Å². The van der Waals surface area contributed by atoms with Crippen molar-refractivity contribution in [3.63, 3.8) is 0 Å². The first kappa shape index (κ1) is 14.7. The fourth-order valence-corrected chi connectivity index (χ4v) is 3.10. The molecular weight excluding hydrogens is 254 g/mol. The van der Waals surface area contributed by atoms with E-state index in [-0.39, 0.29) is 29.0 Å². The lowest BCUT2D eigenvalue weighted by Crippen LogP contribution is -2.43. The van der Waals surface area contributed by atoms with Crippen molar-refractivity contribution in [3.8, 4) is 11.5 Å². The third kappa shape index (κ3) is 3.06. The summed E-state index contributed by atoms with van der Waals surface area (Å²) in [6, 6.07) is 4.60. The predicted molar refractivity (Wildman–Crippen MR) is 77.8 cm³/mol. The smallest absolute Gasteiger partial charge is 0.255 e. The highest BCUT2D eigenvalue weighted by Crippen LogP contribution is 2.32. The molecule has 4 heteroatoms. The first-order chi connectivity index (χ1) is 9.50. The molecule has 0 aromatic heterocycles. The Morgan fingerprint density at radius 1 is 1.25 bits per heavy atom. The Morgan fingerprint density at radius 3 is 2.65 bits per heavy atom. The molecule has 1 fully saturated rings. The van der Waals surface area contributed by atoms with Crippen molar-refractivity contribution in [2.45, 2.75) is 45.6 Å². The Hall–Kier alpha value is -1.71. The topological polar surface area (TPSA) is 69.6 Å². The fraction of sp³-hybridized carbons (Fsp3) is 0.562. The molecule has 110 valence electrons. The van der Waals surface area contributed by atoms with Crippen molar-refractivity contribution in [2.75, 3.05) is 0 Å². The van der Waals surface area contributed by atoms with E-state index in [1.807, 2.05) is 0 Å². The van der Waals surface area contributed by atoms with E-state index in [4.69, 9.17) is 0 Å². The summed E-state index contributed by atoms with van der Waals surface area (Å²) in [6.07, 6.45) is 4.45. The number of hydrogen-bond donors (Lipinski definition) is 3. The first-order valence-corrected chi connectivity index (χ1v) is 7.32. The lowest BCUT2D eigenvalue weighted by molar-refractivity contribution is 0.0886. The molecule has 2 atom stereocenters. The number of phenols is 2. The van der Waals surface area contributed by atoms with Crippen LogP contribution in [-0.2, 0) is 0 Å². The van der Waals surface area contributed by atoms with Gasteiger partial charge in [0.2, 0.25) is 0 Å². The Bertz CT molecular complexity index is 485. The molecule has 2 unspecified atom stereocenters. The van der Waals surface area contributed by atoms with Gasteiger partial charge in [0.15, 0.2) is 11.5 Å². The number of carbonyl (C=O) groups excluding carboxylic acids is 1. The van der Waals surface area contributed by atoms with Gasteiger partial charge in [0.05, 0.1) is 5.56 Å². The number of benzene rings is 1. The monoisotopic (exact) mass is 277 g/mol. The lowest BCUT2D eigenvalue weighted by Gasteiger charge is -2.35. The second kappa shape index (κ2) is 6.16. The number of nitrogens with one attached hydrogen (secondary N) is 1. The summed E-state index contributed by atoms with van der Waals surface area (Å²) in [4.78, 5) is 12.3. The van der Waals surface area contributed by atoms with Gasteiger partial charge in [-0.3, -0.25) is 4.79 Å². The molecule has 0 heterocycles. The minimum Gasteiger partial charge on any atom is -0.504 e.